The van der Waals surface area contributed by atoms with Crippen molar-refractivity contribution in [3.63, 3.8) is 0 Å². The average Bonchev–Trinajstić information content (AvgIpc) is 2.79. The second kappa shape index (κ2) is 7.32. The molecule has 2 atom stereocenters. The smallest absolute Gasteiger partial charge is 0.249 e. The maximum Gasteiger partial charge on any atom is 0.249 e. The van der Waals surface area contributed by atoms with Crippen LogP contribution < -0.4 is 15.5 Å². The van der Waals surface area contributed by atoms with Crippen molar-refractivity contribution in [3.05, 3.63) is 29.8 Å². The van der Waals surface area contributed by atoms with Crippen molar-refractivity contribution in [1.82, 2.24) is 10.6 Å². The van der Waals surface area contributed by atoms with Crippen LogP contribution in [0.5, 0.6) is 0 Å². The number of anilines is 1. The molecule has 0 aromatic heterocycles. The number of carbonyl (C=O) groups excluding carboxylic acids is 2. The molecule has 1 aromatic rings. The maximum absolute atomic E-state index is 12.5. The zero-order chi connectivity index (χ0) is 15.7. The second-order valence-electron chi connectivity index (χ2n) is 6.38. The molecule has 0 spiro atoms. The molecule has 6 heteroatoms. The molecule has 2 unspecified atom stereocenters. The maximum atomic E-state index is 12.5. The van der Waals surface area contributed by atoms with Gasteiger partial charge in [0.25, 0.3) is 0 Å². The molecular formula is C17H24ClN3O2. The van der Waals surface area contributed by atoms with Crippen LogP contribution in [0.2, 0.25) is 0 Å². The molecule has 0 saturated carbocycles. The highest BCUT2D eigenvalue weighted by atomic mass is 35.5. The first-order valence-corrected chi connectivity index (χ1v) is 7.95. The summed E-state index contributed by atoms with van der Waals surface area (Å²) in [6.45, 7) is 6.41. The van der Waals surface area contributed by atoms with E-state index in [1.165, 1.54) is 5.56 Å². The summed E-state index contributed by atoms with van der Waals surface area (Å²) in [5, 5.41) is 6.11. The number of nitrogens with one attached hydrogen (secondary N) is 2. The number of carbonyl (C=O) groups is 2. The molecule has 2 heterocycles. The van der Waals surface area contributed by atoms with Crippen LogP contribution in [-0.2, 0) is 9.59 Å². The normalized spacial score (nSPS) is 22.3. The van der Waals surface area contributed by atoms with Crippen LogP contribution >= 0.6 is 12.4 Å². The molecule has 126 valence electrons. The quantitative estimate of drug-likeness (QED) is 0.875. The topological polar surface area (TPSA) is 61.4 Å². The van der Waals surface area contributed by atoms with Gasteiger partial charge in [0.05, 0.1) is 0 Å². The van der Waals surface area contributed by atoms with Crippen LogP contribution in [0.15, 0.2) is 24.3 Å². The summed E-state index contributed by atoms with van der Waals surface area (Å²) in [7, 11) is 0. The van der Waals surface area contributed by atoms with Gasteiger partial charge < -0.3 is 15.5 Å². The van der Waals surface area contributed by atoms with E-state index in [1.54, 1.807) is 4.90 Å². The second-order valence-corrected chi connectivity index (χ2v) is 6.38. The van der Waals surface area contributed by atoms with E-state index in [0.717, 1.165) is 18.8 Å². The van der Waals surface area contributed by atoms with Crippen LogP contribution in [0.25, 0.3) is 0 Å². The first-order chi connectivity index (χ1) is 10.6. The zero-order valence-electron chi connectivity index (χ0n) is 13.5. The summed E-state index contributed by atoms with van der Waals surface area (Å²) in [5.41, 5.74) is 2.08. The third-order valence-corrected chi connectivity index (χ3v) is 4.80. The van der Waals surface area contributed by atoms with Crippen molar-refractivity contribution < 1.29 is 9.59 Å². The summed E-state index contributed by atoms with van der Waals surface area (Å²) < 4.78 is 0. The summed E-state index contributed by atoms with van der Waals surface area (Å²) in [5.74, 6) is 0.346. The molecule has 0 radical (unpaired) electrons. The third kappa shape index (κ3) is 3.67. The van der Waals surface area contributed by atoms with Gasteiger partial charge in [0.15, 0.2) is 0 Å². The lowest BCUT2D eigenvalue weighted by molar-refractivity contribution is -0.130. The Bertz CT molecular complexity index is 572. The number of hydrogen-bond donors (Lipinski definition) is 2. The van der Waals surface area contributed by atoms with Gasteiger partial charge in [-0.25, -0.2) is 0 Å². The molecule has 5 nitrogen and oxygen atoms in total. The predicted octanol–water partition coefficient (Wildman–Crippen LogP) is 1.49. The number of halogens is 1. The minimum atomic E-state index is -0.385. The third-order valence-electron chi connectivity index (χ3n) is 4.80. The first kappa shape index (κ1) is 17.8. The Morgan fingerprint density at radius 2 is 1.96 bits per heavy atom. The summed E-state index contributed by atoms with van der Waals surface area (Å²) in [6.07, 6.45) is 0.675. The van der Waals surface area contributed by atoms with Crippen molar-refractivity contribution in [3.8, 4) is 0 Å². The van der Waals surface area contributed by atoms with Crippen molar-refractivity contribution in [2.45, 2.75) is 26.3 Å². The Balaban J connectivity index is 0.00000192. The minimum Gasteiger partial charge on any atom is -0.344 e. The fourth-order valence-corrected chi connectivity index (χ4v) is 2.98. The molecule has 0 bridgehead atoms. The number of nitrogens with zero attached hydrogens (tertiary/aromatic N) is 1. The van der Waals surface area contributed by atoms with Crippen molar-refractivity contribution >= 4 is 29.9 Å². The lowest BCUT2D eigenvalue weighted by atomic mass is 9.88. The van der Waals surface area contributed by atoms with E-state index in [2.05, 4.69) is 10.6 Å². The van der Waals surface area contributed by atoms with Crippen LogP contribution in [0.4, 0.5) is 5.69 Å². The molecule has 1 aromatic carbocycles. The Kier molecular flexibility index (Phi) is 5.65. The average molecular weight is 338 g/mol. The Morgan fingerprint density at radius 1 is 1.30 bits per heavy atom. The molecule has 2 aliphatic heterocycles. The summed E-state index contributed by atoms with van der Waals surface area (Å²) in [6, 6.07) is 7.53. The highest BCUT2D eigenvalue weighted by molar-refractivity contribution is 6.01. The van der Waals surface area contributed by atoms with E-state index >= 15 is 0 Å². The number of amides is 2. The number of hydrogen-bond acceptors (Lipinski definition) is 3. The van der Waals surface area contributed by atoms with Crippen molar-refractivity contribution in [2.24, 2.45) is 11.8 Å². The Morgan fingerprint density at radius 3 is 2.52 bits per heavy atom. The molecule has 2 fully saturated rings. The molecule has 0 aliphatic carbocycles. The fraction of sp³-hybridized carbons (Fsp3) is 0.529. The number of rotatable bonds is 4. The zero-order valence-corrected chi connectivity index (χ0v) is 14.4. The number of benzene rings is 1. The van der Waals surface area contributed by atoms with Crippen molar-refractivity contribution in [2.75, 3.05) is 24.5 Å². The molecule has 23 heavy (non-hydrogen) atoms. The molecule has 3 rings (SSSR count). The van der Waals surface area contributed by atoms with E-state index in [9.17, 15) is 9.59 Å². The number of aryl methyl sites for hydroxylation is 1. The first-order valence-electron chi connectivity index (χ1n) is 7.95. The standard InChI is InChI=1S/C17H23N3O2.ClH/c1-11-3-5-14(6-4-11)20-8-7-15(17(20)22)19-16(21)12(2)13-9-18-10-13;/h3-6,12-13,15,18H,7-10H2,1-2H3,(H,19,21);1H. The summed E-state index contributed by atoms with van der Waals surface area (Å²) in [4.78, 5) is 26.5. The van der Waals surface area contributed by atoms with E-state index in [1.807, 2.05) is 38.1 Å². The molecular weight excluding hydrogens is 314 g/mol. The SMILES string of the molecule is Cc1ccc(N2CCC(NC(=O)C(C)C3CNC3)C2=O)cc1.Cl. The molecule has 2 saturated heterocycles. The van der Waals surface area contributed by atoms with Crippen molar-refractivity contribution in [1.29, 1.82) is 0 Å². The van der Waals surface area contributed by atoms with E-state index in [0.29, 0.717) is 18.9 Å². The lowest BCUT2D eigenvalue weighted by Crippen LogP contribution is -2.52. The van der Waals surface area contributed by atoms with Gasteiger partial charge >= 0.3 is 0 Å². The van der Waals surface area contributed by atoms with Gasteiger partial charge in [-0.1, -0.05) is 24.6 Å². The Labute approximate surface area is 143 Å². The summed E-state index contributed by atoms with van der Waals surface area (Å²) >= 11 is 0. The van der Waals surface area contributed by atoms with Crippen LogP contribution in [0.1, 0.15) is 18.9 Å². The molecule has 2 amide bonds. The van der Waals surface area contributed by atoms with Crippen LogP contribution in [0.3, 0.4) is 0 Å². The highest BCUT2D eigenvalue weighted by Gasteiger charge is 2.36. The minimum absolute atomic E-state index is 0. The molecule has 2 aliphatic rings. The fourth-order valence-electron chi connectivity index (χ4n) is 2.98. The molecule has 2 N–H and O–H groups in total. The largest absolute Gasteiger partial charge is 0.344 e. The van der Waals surface area contributed by atoms with Crippen LogP contribution in [0, 0.1) is 18.8 Å². The highest BCUT2D eigenvalue weighted by Crippen LogP contribution is 2.23. The van der Waals surface area contributed by atoms with Gasteiger partial charge in [0.1, 0.15) is 6.04 Å². The van der Waals surface area contributed by atoms with E-state index < -0.39 is 0 Å². The van der Waals surface area contributed by atoms with Gasteiger partial charge in [0, 0.05) is 18.2 Å². The monoisotopic (exact) mass is 337 g/mol. The van der Waals surface area contributed by atoms with Crippen LogP contribution in [-0.4, -0.2) is 37.5 Å². The van der Waals surface area contributed by atoms with Gasteiger partial charge in [0.2, 0.25) is 11.8 Å². The van der Waals surface area contributed by atoms with Gasteiger partial charge in [-0.3, -0.25) is 9.59 Å². The Hall–Kier alpha value is -1.59. The van der Waals surface area contributed by atoms with Gasteiger partial charge in [-0.2, -0.15) is 0 Å². The van der Waals surface area contributed by atoms with Gasteiger partial charge in [-0.15, -0.1) is 12.4 Å². The van der Waals surface area contributed by atoms with Gasteiger partial charge in [-0.05, 0) is 44.5 Å². The van der Waals surface area contributed by atoms with E-state index in [4.69, 9.17) is 0 Å². The predicted molar refractivity (Wildman–Crippen MR) is 92.9 cm³/mol. The van der Waals surface area contributed by atoms with E-state index in [-0.39, 0.29) is 36.2 Å². The lowest BCUT2D eigenvalue weighted by Gasteiger charge is -2.32.